The zero-order valence-corrected chi connectivity index (χ0v) is 16.9. The largest absolute Gasteiger partial charge is 0.335 e. The Morgan fingerprint density at radius 1 is 1.16 bits per heavy atom. The summed E-state index contributed by atoms with van der Waals surface area (Å²) in [6.07, 6.45) is 4.38. The molecule has 1 aliphatic heterocycles. The number of rotatable bonds is 3. The Morgan fingerprint density at radius 3 is 2.40 bits per heavy atom. The minimum absolute atomic E-state index is 0.0920. The number of carbonyl (C=O) groups is 1. The molecule has 2 amide bonds. The first-order chi connectivity index (χ1) is 11.9. The number of nitrogens with zero attached hydrogens (tertiary/aromatic N) is 2. The minimum Gasteiger partial charge on any atom is -0.335 e. The Bertz CT molecular complexity index is 745. The summed E-state index contributed by atoms with van der Waals surface area (Å²) >= 11 is 9.37. The van der Waals surface area contributed by atoms with Gasteiger partial charge in [0.15, 0.2) is 0 Å². The molecule has 0 radical (unpaired) electrons. The number of sulfonamides is 1. The summed E-state index contributed by atoms with van der Waals surface area (Å²) in [6, 6.07) is 4.89. The van der Waals surface area contributed by atoms with E-state index in [1.54, 1.807) is 17.0 Å². The van der Waals surface area contributed by atoms with E-state index in [-0.39, 0.29) is 35.1 Å². The molecule has 1 N–H and O–H groups in total. The highest BCUT2D eigenvalue weighted by molar-refractivity contribution is 9.10. The third-order valence-electron chi connectivity index (χ3n) is 4.72. The SMILES string of the molecule is O=C(NC1CCCC1)N1CCN(S(=O)(=O)c2ccc(Br)cc2Cl)CC1. The molecule has 1 saturated heterocycles. The zero-order valence-electron chi connectivity index (χ0n) is 13.7. The van der Waals surface area contributed by atoms with Crippen molar-refractivity contribution in [1.29, 1.82) is 0 Å². The lowest BCUT2D eigenvalue weighted by Crippen LogP contribution is -2.54. The lowest BCUT2D eigenvalue weighted by atomic mass is 10.2. The highest BCUT2D eigenvalue weighted by atomic mass is 79.9. The average Bonchev–Trinajstić information content (AvgIpc) is 3.07. The van der Waals surface area contributed by atoms with Gasteiger partial charge < -0.3 is 10.2 Å². The van der Waals surface area contributed by atoms with Crippen molar-refractivity contribution in [2.45, 2.75) is 36.6 Å². The van der Waals surface area contributed by atoms with Gasteiger partial charge in [0.25, 0.3) is 0 Å². The fraction of sp³-hybridized carbons (Fsp3) is 0.562. The van der Waals surface area contributed by atoms with Crippen LogP contribution in [0.15, 0.2) is 27.6 Å². The van der Waals surface area contributed by atoms with Crippen LogP contribution in [-0.2, 0) is 10.0 Å². The van der Waals surface area contributed by atoms with Crippen molar-refractivity contribution >= 4 is 43.6 Å². The van der Waals surface area contributed by atoms with E-state index in [0.29, 0.717) is 13.1 Å². The minimum atomic E-state index is -3.66. The van der Waals surface area contributed by atoms with Crippen LogP contribution in [0.25, 0.3) is 0 Å². The van der Waals surface area contributed by atoms with E-state index >= 15 is 0 Å². The van der Waals surface area contributed by atoms with Crippen LogP contribution in [0.3, 0.4) is 0 Å². The molecule has 0 spiro atoms. The first kappa shape index (κ1) is 18.9. The number of benzene rings is 1. The maximum atomic E-state index is 12.8. The van der Waals surface area contributed by atoms with E-state index in [1.807, 2.05) is 0 Å². The predicted octanol–water partition coefficient (Wildman–Crippen LogP) is 3.06. The monoisotopic (exact) mass is 449 g/mol. The molecule has 0 aromatic heterocycles. The highest BCUT2D eigenvalue weighted by Gasteiger charge is 2.32. The van der Waals surface area contributed by atoms with Crippen molar-refractivity contribution < 1.29 is 13.2 Å². The fourth-order valence-electron chi connectivity index (χ4n) is 3.29. The Labute approximate surface area is 161 Å². The number of hydrogen-bond acceptors (Lipinski definition) is 3. The second-order valence-electron chi connectivity index (χ2n) is 6.40. The summed E-state index contributed by atoms with van der Waals surface area (Å²) in [4.78, 5) is 14.1. The van der Waals surface area contributed by atoms with Crippen molar-refractivity contribution in [3.63, 3.8) is 0 Å². The van der Waals surface area contributed by atoms with Crippen LogP contribution in [0.2, 0.25) is 5.02 Å². The first-order valence-electron chi connectivity index (χ1n) is 8.38. The molecular formula is C16H21BrClN3O3S. The van der Waals surface area contributed by atoms with Crippen molar-refractivity contribution in [2.75, 3.05) is 26.2 Å². The van der Waals surface area contributed by atoms with Gasteiger partial charge in [-0.05, 0) is 31.0 Å². The number of amides is 2. The third-order valence-corrected chi connectivity index (χ3v) is 7.60. The van der Waals surface area contributed by atoms with Crippen LogP contribution in [0.1, 0.15) is 25.7 Å². The summed E-state index contributed by atoms with van der Waals surface area (Å²) in [5.74, 6) is 0. The van der Waals surface area contributed by atoms with Crippen LogP contribution < -0.4 is 5.32 Å². The number of nitrogens with one attached hydrogen (secondary N) is 1. The number of carbonyl (C=O) groups excluding carboxylic acids is 1. The molecule has 1 aliphatic carbocycles. The number of urea groups is 1. The Kier molecular flexibility index (Phi) is 5.92. The van der Waals surface area contributed by atoms with E-state index in [1.165, 1.54) is 10.4 Å². The van der Waals surface area contributed by atoms with E-state index < -0.39 is 10.0 Å². The molecule has 9 heteroatoms. The normalized spacial score (nSPS) is 20.0. The topological polar surface area (TPSA) is 69.7 Å². The quantitative estimate of drug-likeness (QED) is 0.769. The van der Waals surface area contributed by atoms with Crippen LogP contribution >= 0.6 is 27.5 Å². The van der Waals surface area contributed by atoms with E-state index in [2.05, 4.69) is 21.2 Å². The van der Waals surface area contributed by atoms with Crippen molar-refractivity contribution in [3.05, 3.63) is 27.7 Å². The summed E-state index contributed by atoms with van der Waals surface area (Å²) in [7, 11) is -3.66. The molecule has 1 aromatic rings. The summed E-state index contributed by atoms with van der Waals surface area (Å²) in [5.41, 5.74) is 0. The summed E-state index contributed by atoms with van der Waals surface area (Å²) in [6.45, 7) is 1.30. The molecule has 2 aliphatic rings. The highest BCUT2D eigenvalue weighted by Crippen LogP contribution is 2.28. The van der Waals surface area contributed by atoms with Crippen LogP contribution in [0, 0.1) is 0 Å². The molecule has 138 valence electrons. The van der Waals surface area contributed by atoms with Gasteiger partial charge in [0.1, 0.15) is 4.90 Å². The van der Waals surface area contributed by atoms with Crippen LogP contribution in [0.5, 0.6) is 0 Å². The Morgan fingerprint density at radius 2 is 1.80 bits per heavy atom. The number of halogens is 2. The maximum absolute atomic E-state index is 12.8. The van der Waals surface area contributed by atoms with Gasteiger partial charge in [-0.3, -0.25) is 0 Å². The van der Waals surface area contributed by atoms with Crippen LogP contribution in [0.4, 0.5) is 4.79 Å². The second kappa shape index (κ2) is 7.82. The average molecular weight is 451 g/mol. The van der Waals surface area contributed by atoms with Gasteiger partial charge in [-0.2, -0.15) is 4.31 Å². The van der Waals surface area contributed by atoms with Gasteiger partial charge in [0.05, 0.1) is 5.02 Å². The molecule has 2 fully saturated rings. The lowest BCUT2D eigenvalue weighted by Gasteiger charge is -2.34. The molecule has 1 heterocycles. The molecule has 0 bridgehead atoms. The molecule has 25 heavy (non-hydrogen) atoms. The molecule has 6 nitrogen and oxygen atoms in total. The number of hydrogen-bond donors (Lipinski definition) is 1. The van der Waals surface area contributed by atoms with Crippen molar-refractivity contribution in [1.82, 2.24) is 14.5 Å². The predicted molar refractivity (Wildman–Crippen MR) is 100 cm³/mol. The summed E-state index contributed by atoms with van der Waals surface area (Å²) < 4.78 is 27.7. The lowest BCUT2D eigenvalue weighted by molar-refractivity contribution is 0.169. The molecule has 1 aromatic carbocycles. The standard InChI is InChI=1S/C16H21BrClN3O3S/c17-12-5-6-15(14(18)11-12)25(23,24)21-9-7-20(8-10-21)16(22)19-13-3-1-2-4-13/h5-6,11,13H,1-4,7-10H2,(H,19,22). The second-order valence-corrected chi connectivity index (χ2v) is 9.63. The fourth-order valence-corrected chi connectivity index (χ4v) is 5.72. The van der Waals surface area contributed by atoms with E-state index in [0.717, 1.165) is 30.2 Å². The summed E-state index contributed by atoms with van der Waals surface area (Å²) in [5, 5.41) is 3.23. The van der Waals surface area contributed by atoms with Gasteiger partial charge in [0.2, 0.25) is 10.0 Å². The Balaban J connectivity index is 1.62. The van der Waals surface area contributed by atoms with Gasteiger partial charge in [-0.1, -0.05) is 40.4 Å². The molecule has 1 saturated carbocycles. The third kappa shape index (κ3) is 4.30. The molecule has 3 rings (SSSR count). The van der Waals surface area contributed by atoms with Gasteiger partial charge in [-0.15, -0.1) is 0 Å². The Hall–Kier alpha value is -0.830. The number of piperazine rings is 1. The molecule has 0 unspecified atom stereocenters. The first-order valence-corrected chi connectivity index (χ1v) is 11.0. The van der Waals surface area contributed by atoms with Gasteiger partial charge in [0, 0.05) is 36.7 Å². The molecular weight excluding hydrogens is 430 g/mol. The van der Waals surface area contributed by atoms with Gasteiger partial charge in [-0.25, -0.2) is 13.2 Å². The molecule has 0 atom stereocenters. The van der Waals surface area contributed by atoms with E-state index in [9.17, 15) is 13.2 Å². The van der Waals surface area contributed by atoms with Crippen LogP contribution in [-0.4, -0.2) is 55.9 Å². The van der Waals surface area contributed by atoms with Crippen molar-refractivity contribution in [3.8, 4) is 0 Å². The maximum Gasteiger partial charge on any atom is 0.317 e. The van der Waals surface area contributed by atoms with E-state index in [4.69, 9.17) is 11.6 Å². The van der Waals surface area contributed by atoms with Gasteiger partial charge >= 0.3 is 6.03 Å². The zero-order chi connectivity index (χ0) is 18.0. The smallest absolute Gasteiger partial charge is 0.317 e. The van der Waals surface area contributed by atoms with Crippen molar-refractivity contribution in [2.24, 2.45) is 0 Å².